The van der Waals surface area contributed by atoms with Crippen LogP contribution in [0.5, 0.6) is 0 Å². The number of likely N-dealkylation sites (tertiary alicyclic amines) is 1. The summed E-state index contributed by atoms with van der Waals surface area (Å²) in [6, 6.07) is 10.3. The van der Waals surface area contributed by atoms with Crippen molar-refractivity contribution in [3.63, 3.8) is 0 Å². The Morgan fingerprint density at radius 1 is 1.25 bits per heavy atom. The molecule has 9 heteroatoms. The third-order valence-electron chi connectivity index (χ3n) is 5.61. The molecular weight excluding hydrogens is 404 g/mol. The molecule has 0 aromatic heterocycles. The van der Waals surface area contributed by atoms with Crippen LogP contribution in [0.25, 0.3) is 0 Å². The van der Waals surface area contributed by atoms with Crippen molar-refractivity contribution in [1.29, 1.82) is 0 Å². The summed E-state index contributed by atoms with van der Waals surface area (Å²) in [5, 5.41) is 9.52. The number of hydrogen-bond donors (Lipinski definition) is 4. The van der Waals surface area contributed by atoms with Gasteiger partial charge in [0, 0.05) is 37.4 Å². The predicted molar refractivity (Wildman–Crippen MR) is 127 cm³/mol. The number of benzene rings is 1. The second-order valence-electron chi connectivity index (χ2n) is 7.91. The van der Waals surface area contributed by atoms with Gasteiger partial charge in [0.05, 0.1) is 24.2 Å². The van der Waals surface area contributed by atoms with Crippen LogP contribution in [0, 0.1) is 0 Å². The van der Waals surface area contributed by atoms with Gasteiger partial charge >= 0.3 is 6.03 Å². The minimum atomic E-state index is -0.463. The van der Waals surface area contributed by atoms with Crippen molar-refractivity contribution in [1.82, 2.24) is 15.5 Å². The van der Waals surface area contributed by atoms with E-state index in [1.807, 2.05) is 36.4 Å². The van der Waals surface area contributed by atoms with Gasteiger partial charge in [0.15, 0.2) is 0 Å². The minimum absolute atomic E-state index is 0.116. The van der Waals surface area contributed by atoms with Crippen molar-refractivity contribution >= 4 is 23.7 Å². The standard InChI is InChI=1S/C23H28N8O/c24-11-18(13-27-25)17-10-21-20(26-12-17)6-7-22(29-21)30-23(32)28-19-8-9-31(15-19)14-16-4-2-1-3-5-16/h1-7,10-11,13,19,22H,8-9,12,14-15,24-25H2,(H2,28,30,32). The zero-order valence-electron chi connectivity index (χ0n) is 17.8. The summed E-state index contributed by atoms with van der Waals surface area (Å²) in [6.45, 7) is 3.15. The number of hydrazone groups is 1. The molecule has 3 aliphatic heterocycles. The lowest BCUT2D eigenvalue weighted by Crippen LogP contribution is -2.47. The van der Waals surface area contributed by atoms with Crippen molar-refractivity contribution in [3.05, 3.63) is 71.5 Å². The molecule has 1 saturated heterocycles. The van der Waals surface area contributed by atoms with E-state index >= 15 is 0 Å². The van der Waals surface area contributed by atoms with Crippen molar-refractivity contribution in [3.8, 4) is 0 Å². The summed E-state index contributed by atoms with van der Waals surface area (Å²) in [7, 11) is 0. The van der Waals surface area contributed by atoms with Gasteiger partial charge in [-0.3, -0.25) is 14.9 Å². The number of carbonyl (C=O) groups is 1. The largest absolute Gasteiger partial charge is 0.404 e. The van der Waals surface area contributed by atoms with E-state index in [4.69, 9.17) is 11.6 Å². The monoisotopic (exact) mass is 432 g/mol. The molecule has 0 bridgehead atoms. The van der Waals surface area contributed by atoms with E-state index in [1.165, 1.54) is 18.0 Å². The Morgan fingerprint density at radius 3 is 2.88 bits per heavy atom. The van der Waals surface area contributed by atoms with Gasteiger partial charge in [0.25, 0.3) is 0 Å². The van der Waals surface area contributed by atoms with Crippen LogP contribution < -0.4 is 22.2 Å². The van der Waals surface area contributed by atoms with E-state index in [0.29, 0.717) is 17.8 Å². The molecule has 2 amide bonds. The van der Waals surface area contributed by atoms with Crippen molar-refractivity contribution in [2.24, 2.45) is 26.7 Å². The van der Waals surface area contributed by atoms with Gasteiger partial charge in [-0.05, 0) is 35.8 Å². The van der Waals surface area contributed by atoms with Gasteiger partial charge in [-0.2, -0.15) is 5.10 Å². The highest BCUT2D eigenvalue weighted by atomic mass is 16.2. The second-order valence-corrected chi connectivity index (χ2v) is 7.91. The first-order valence-electron chi connectivity index (χ1n) is 10.6. The van der Waals surface area contributed by atoms with E-state index in [-0.39, 0.29) is 12.1 Å². The van der Waals surface area contributed by atoms with Gasteiger partial charge in [-0.1, -0.05) is 30.3 Å². The van der Waals surface area contributed by atoms with E-state index in [9.17, 15) is 4.79 Å². The molecule has 2 unspecified atom stereocenters. The summed E-state index contributed by atoms with van der Waals surface area (Å²) in [5.74, 6) is 5.25. The number of nitrogens with two attached hydrogens (primary N) is 2. The summed E-state index contributed by atoms with van der Waals surface area (Å²) in [5.41, 5.74) is 9.97. The first-order valence-corrected chi connectivity index (χ1v) is 10.6. The molecule has 4 rings (SSSR count). The summed E-state index contributed by atoms with van der Waals surface area (Å²) in [6.07, 6.45) is 8.99. The van der Waals surface area contributed by atoms with Gasteiger partial charge < -0.3 is 22.2 Å². The van der Waals surface area contributed by atoms with Crippen LogP contribution in [0.15, 0.2) is 81.0 Å². The number of fused-ring (bicyclic) bond motifs is 1. The molecule has 3 aliphatic rings. The molecule has 1 fully saturated rings. The fraction of sp³-hybridized carbons (Fsp3) is 0.304. The lowest BCUT2D eigenvalue weighted by Gasteiger charge is -2.22. The molecule has 1 aromatic carbocycles. The Labute approximate surface area is 187 Å². The Kier molecular flexibility index (Phi) is 6.76. The molecular formula is C23H28N8O. The van der Waals surface area contributed by atoms with Crippen LogP contribution in [0.4, 0.5) is 4.79 Å². The smallest absolute Gasteiger partial charge is 0.316 e. The molecule has 0 aliphatic carbocycles. The first kappa shape index (κ1) is 21.5. The maximum atomic E-state index is 12.5. The Balaban J connectivity index is 1.31. The molecule has 166 valence electrons. The zero-order valence-corrected chi connectivity index (χ0v) is 17.8. The van der Waals surface area contributed by atoms with Gasteiger partial charge in [0.1, 0.15) is 6.17 Å². The number of allylic oxidation sites excluding steroid dienone is 2. The number of dihydropyridines is 2. The number of rotatable bonds is 6. The van der Waals surface area contributed by atoms with Crippen LogP contribution in [0.3, 0.4) is 0 Å². The molecule has 0 spiro atoms. The van der Waals surface area contributed by atoms with Crippen molar-refractivity contribution in [2.45, 2.75) is 25.2 Å². The minimum Gasteiger partial charge on any atom is -0.404 e. The highest BCUT2D eigenvalue weighted by molar-refractivity contribution is 6.51. The quantitative estimate of drug-likeness (QED) is 0.304. The van der Waals surface area contributed by atoms with Crippen LogP contribution in [0.1, 0.15) is 12.0 Å². The van der Waals surface area contributed by atoms with Crippen molar-refractivity contribution < 1.29 is 4.79 Å². The van der Waals surface area contributed by atoms with Gasteiger partial charge in [0.2, 0.25) is 0 Å². The number of carbonyl (C=O) groups excluding carboxylic acids is 1. The third-order valence-corrected chi connectivity index (χ3v) is 5.61. The van der Waals surface area contributed by atoms with E-state index < -0.39 is 6.17 Å². The Hall–Kier alpha value is -3.72. The van der Waals surface area contributed by atoms with Crippen molar-refractivity contribution in [2.75, 3.05) is 19.6 Å². The van der Waals surface area contributed by atoms with Gasteiger partial charge in [-0.15, -0.1) is 0 Å². The predicted octanol–water partition coefficient (Wildman–Crippen LogP) is 1.07. The molecule has 2 atom stereocenters. The second kappa shape index (κ2) is 10.1. The van der Waals surface area contributed by atoms with Gasteiger partial charge in [-0.25, -0.2) is 4.79 Å². The number of urea groups is 1. The molecule has 9 nitrogen and oxygen atoms in total. The maximum Gasteiger partial charge on any atom is 0.316 e. The average Bonchev–Trinajstić information content (AvgIpc) is 3.24. The zero-order chi connectivity index (χ0) is 22.3. The summed E-state index contributed by atoms with van der Waals surface area (Å²) < 4.78 is 0. The topological polar surface area (TPSA) is 133 Å². The number of amides is 2. The molecule has 3 heterocycles. The molecule has 6 N–H and O–H groups in total. The average molecular weight is 433 g/mol. The molecule has 0 saturated carbocycles. The Bertz CT molecular complexity index is 1020. The van der Waals surface area contributed by atoms with Crippen LogP contribution in [-0.4, -0.2) is 60.4 Å². The number of nitrogens with zero attached hydrogens (tertiary/aromatic N) is 4. The van der Waals surface area contributed by atoms with E-state index in [1.54, 1.807) is 0 Å². The highest BCUT2D eigenvalue weighted by Crippen LogP contribution is 2.17. The molecule has 0 radical (unpaired) electrons. The lowest BCUT2D eigenvalue weighted by molar-refractivity contribution is 0.234. The van der Waals surface area contributed by atoms with Crippen LogP contribution >= 0.6 is 0 Å². The fourth-order valence-corrected chi connectivity index (χ4v) is 4.02. The van der Waals surface area contributed by atoms with Crippen LogP contribution in [0.2, 0.25) is 0 Å². The maximum absolute atomic E-state index is 12.5. The normalized spacial score (nSPS) is 23.4. The lowest BCUT2D eigenvalue weighted by atomic mass is 10.00. The Morgan fingerprint density at radius 2 is 2.09 bits per heavy atom. The van der Waals surface area contributed by atoms with E-state index in [0.717, 1.165) is 37.3 Å². The molecule has 32 heavy (non-hydrogen) atoms. The number of hydrogen-bond acceptors (Lipinski definition) is 7. The SMILES string of the molecule is NC=C(C=NN)C1=CC2=NC(NC(=O)NC3CCN(Cc4ccccc4)C3)C=CC2=NC1. The number of nitrogens with one attached hydrogen (secondary N) is 2. The number of aliphatic imine (C=N–C) groups is 2. The summed E-state index contributed by atoms with van der Waals surface area (Å²) in [4.78, 5) is 24.0. The summed E-state index contributed by atoms with van der Waals surface area (Å²) >= 11 is 0. The van der Waals surface area contributed by atoms with Crippen LogP contribution in [-0.2, 0) is 6.54 Å². The molecule has 1 aromatic rings. The highest BCUT2D eigenvalue weighted by Gasteiger charge is 2.25. The fourth-order valence-electron chi connectivity index (χ4n) is 4.02. The van der Waals surface area contributed by atoms with E-state index in [2.05, 4.69) is 42.8 Å². The third kappa shape index (κ3) is 5.30. The first-order chi connectivity index (χ1) is 15.6.